The summed E-state index contributed by atoms with van der Waals surface area (Å²) < 4.78 is 49.2. The van der Waals surface area contributed by atoms with Gasteiger partial charge in [-0.25, -0.2) is 26.7 Å². The standard InChI is InChI=1S/C11H17N3O4S2.ClH/c12-19(15,16)10-2-1-3-11(6-10)20(17,18)14-8-9-4-5-13-7-9;/h1-3,6,9,13-14H,4-5,7-8H2,(H2,12,15,16);1H. The zero-order valence-corrected chi connectivity index (χ0v) is 13.6. The van der Waals surface area contributed by atoms with Crippen molar-refractivity contribution in [3.8, 4) is 0 Å². The number of hydrogen-bond acceptors (Lipinski definition) is 5. The van der Waals surface area contributed by atoms with Gasteiger partial charge in [-0.1, -0.05) is 6.07 Å². The fraction of sp³-hybridized carbons (Fsp3) is 0.455. The number of sulfonamides is 2. The Kier molecular flexibility index (Phi) is 6.14. The second-order valence-corrected chi connectivity index (χ2v) is 8.06. The first-order chi connectivity index (χ1) is 9.29. The van der Waals surface area contributed by atoms with Crippen LogP contribution in [0.4, 0.5) is 0 Å². The third-order valence-corrected chi connectivity index (χ3v) is 5.50. The van der Waals surface area contributed by atoms with Gasteiger partial charge in [0, 0.05) is 6.54 Å². The van der Waals surface area contributed by atoms with E-state index in [0.29, 0.717) is 6.54 Å². The van der Waals surface area contributed by atoms with Gasteiger partial charge in [0.2, 0.25) is 20.0 Å². The number of primary sulfonamides is 1. The third kappa shape index (κ3) is 4.90. The lowest BCUT2D eigenvalue weighted by atomic mass is 10.1. The molecule has 0 aliphatic carbocycles. The molecule has 1 aliphatic rings. The van der Waals surface area contributed by atoms with E-state index in [1.54, 1.807) is 0 Å². The molecule has 0 radical (unpaired) electrons. The van der Waals surface area contributed by atoms with E-state index in [4.69, 9.17) is 5.14 Å². The van der Waals surface area contributed by atoms with Crippen molar-refractivity contribution < 1.29 is 16.8 Å². The average molecular weight is 356 g/mol. The maximum absolute atomic E-state index is 12.1. The van der Waals surface area contributed by atoms with Crippen LogP contribution in [0.5, 0.6) is 0 Å². The first-order valence-electron chi connectivity index (χ1n) is 6.12. The lowest BCUT2D eigenvalue weighted by molar-refractivity contribution is 0.538. The smallest absolute Gasteiger partial charge is 0.240 e. The van der Waals surface area contributed by atoms with Crippen molar-refractivity contribution in [3.63, 3.8) is 0 Å². The van der Waals surface area contributed by atoms with Gasteiger partial charge in [0.05, 0.1) is 9.79 Å². The Balaban J connectivity index is 0.00000220. The number of halogens is 1. The van der Waals surface area contributed by atoms with Crippen LogP contribution in [-0.4, -0.2) is 36.5 Å². The van der Waals surface area contributed by atoms with Gasteiger partial charge < -0.3 is 5.32 Å². The number of nitrogens with two attached hydrogens (primary N) is 1. The number of benzene rings is 1. The molecule has 0 amide bonds. The molecular weight excluding hydrogens is 338 g/mol. The van der Waals surface area contributed by atoms with Crippen LogP contribution < -0.4 is 15.2 Å². The van der Waals surface area contributed by atoms with Crippen molar-refractivity contribution in [1.82, 2.24) is 10.0 Å². The zero-order valence-electron chi connectivity index (χ0n) is 11.2. The number of hydrogen-bond donors (Lipinski definition) is 3. The zero-order chi connectivity index (χ0) is 14.8. The Morgan fingerprint density at radius 1 is 1.24 bits per heavy atom. The Labute approximate surface area is 130 Å². The van der Waals surface area contributed by atoms with Crippen LogP contribution in [0.2, 0.25) is 0 Å². The van der Waals surface area contributed by atoms with E-state index in [9.17, 15) is 16.8 Å². The quantitative estimate of drug-likeness (QED) is 0.666. The van der Waals surface area contributed by atoms with Crippen molar-refractivity contribution in [2.24, 2.45) is 11.1 Å². The minimum Gasteiger partial charge on any atom is -0.316 e. The normalized spacial score (nSPS) is 19.2. The molecule has 120 valence electrons. The number of rotatable bonds is 5. The van der Waals surface area contributed by atoms with Crippen LogP contribution in [-0.2, 0) is 20.0 Å². The monoisotopic (exact) mass is 355 g/mol. The molecule has 1 saturated heterocycles. The van der Waals surface area contributed by atoms with Crippen LogP contribution in [0, 0.1) is 5.92 Å². The Morgan fingerprint density at radius 3 is 2.48 bits per heavy atom. The molecular formula is C11H18ClN3O4S2. The molecule has 1 atom stereocenters. The van der Waals surface area contributed by atoms with Crippen molar-refractivity contribution in [1.29, 1.82) is 0 Å². The van der Waals surface area contributed by atoms with Crippen LogP contribution in [0.15, 0.2) is 34.1 Å². The van der Waals surface area contributed by atoms with E-state index in [0.717, 1.165) is 25.6 Å². The highest BCUT2D eigenvalue weighted by atomic mass is 35.5. The van der Waals surface area contributed by atoms with Crippen molar-refractivity contribution in [2.75, 3.05) is 19.6 Å². The van der Waals surface area contributed by atoms with Crippen LogP contribution in [0.25, 0.3) is 0 Å². The molecule has 0 bridgehead atoms. The van der Waals surface area contributed by atoms with Gasteiger partial charge in [-0.3, -0.25) is 0 Å². The summed E-state index contributed by atoms with van der Waals surface area (Å²) in [5.74, 6) is 0.256. The van der Waals surface area contributed by atoms with E-state index < -0.39 is 20.0 Å². The molecule has 0 aromatic heterocycles. The molecule has 0 saturated carbocycles. The molecule has 1 aromatic carbocycles. The topological polar surface area (TPSA) is 118 Å². The summed E-state index contributed by atoms with van der Waals surface area (Å²) in [4.78, 5) is -0.321. The van der Waals surface area contributed by atoms with Gasteiger partial charge in [0.1, 0.15) is 0 Å². The highest BCUT2D eigenvalue weighted by Crippen LogP contribution is 2.15. The molecule has 1 fully saturated rings. The Morgan fingerprint density at radius 2 is 1.90 bits per heavy atom. The summed E-state index contributed by atoms with van der Waals surface area (Å²) >= 11 is 0. The fourth-order valence-electron chi connectivity index (χ4n) is 2.02. The van der Waals surface area contributed by atoms with Crippen LogP contribution in [0.3, 0.4) is 0 Å². The maximum Gasteiger partial charge on any atom is 0.240 e. The largest absolute Gasteiger partial charge is 0.316 e. The SMILES string of the molecule is Cl.NS(=O)(=O)c1cccc(S(=O)(=O)NCC2CCNC2)c1. The number of nitrogens with one attached hydrogen (secondary N) is 2. The predicted molar refractivity (Wildman–Crippen MR) is 81.2 cm³/mol. The van der Waals surface area contributed by atoms with Gasteiger partial charge in [0.25, 0.3) is 0 Å². The first kappa shape index (κ1) is 18.3. The van der Waals surface area contributed by atoms with E-state index in [2.05, 4.69) is 10.0 Å². The molecule has 1 aromatic rings. The summed E-state index contributed by atoms with van der Waals surface area (Å²) in [6.07, 6.45) is 0.916. The van der Waals surface area contributed by atoms with Crippen molar-refractivity contribution in [2.45, 2.75) is 16.2 Å². The Bertz CT molecular complexity index is 685. The molecule has 21 heavy (non-hydrogen) atoms. The highest BCUT2D eigenvalue weighted by molar-refractivity contribution is 7.90. The van der Waals surface area contributed by atoms with Crippen molar-refractivity contribution in [3.05, 3.63) is 24.3 Å². The summed E-state index contributed by atoms with van der Waals surface area (Å²) in [7, 11) is -7.65. The van der Waals surface area contributed by atoms with E-state index in [1.807, 2.05) is 0 Å². The summed E-state index contributed by atoms with van der Waals surface area (Å²) in [5.41, 5.74) is 0. The van der Waals surface area contributed by atoms with Gasteiger partial charge in [0.15, 0.2) is 0 Å². The molecule has 2 rings (SSSR count). The lowest BCUT2D eigenvalue weighted by Crippen LogP contribution is -2.30. The maximum atomic E-state index is 12.1. The summed E-state index contributed by atoms with van der Waals surface area (Å²) in [6.45, 7) is 1.99. The second-order valence-electron chi connectivity index (χ2n) is 4.73. The first-order valence-corrected chi connectivity index (χ1v) is 9.15. The molecule has 0 spiro atoms. The molecule has 1 heterocycles. The van der Waals surface area contributed by atoms with Crippen molar-refractivity contribution >= 4 is 32.5 Å². The minimum absolute atomic E-state index is 0. The molecule has 7 nitrogen and oxygen atoms in total. The van der Waals surface area contributed by atoms with Crippen LogP contribution in [0.1, 0.15) is 6.42 Å². The van der Waals surface area contributed by atoms with E-state index in [-0.39, 0.29) is 28.1 Å². The average Bonchev–Trinajstić information content (AvgIpc) is 2.89. The molecule has 4 N–H and O–H groups in total. The summed E-state index contributed by atoms with van der Waals surface area (Å²) in [5, 5.41) is 8.14. The van der Waals surface area contributed by atoms with Gasteiger partial charge in [-0.05, 0) is 43.6 Å². The highest BCUT2D eigenvalue weighted by Gasteiger charge is 2.20. The lowest BCUT2D eigenvalue weighted by Gasteiger charge is -2.11. The van der Waals surface area contributed by atoms with E-state index in [1.165, 1.54) is 18.2 Å². The second kappa shape index (κ2) is 7.03. The minimum atomic E-state index is -3.92. The molecule has 1 aliphatic heterocycles. The van der Waals surface area contributed by atoms with Gasteiger partial charge in [-0.2, -0.15) is 0 Å². The van der Waals surface area contributed by atoms with Gasteiger partial charge >= 0.3 is 0 Å². The third-order valence-electron chi connectivity index (χ3n) is 3.17. The predicted octanol–water partition coefficient (Wildman–Crippen LogP) is -0.356. The van der Waals surface area contributed by atoms with Gasteiger partial charge in [-0.15, -0.1) is 12.4 Å². The molecule has 1 unspecified atom stereocenters. The van der Waals surface area contributed by atoms with Crippen LogP contribution >= 0.6 is 12.4 Å². The molecule has 10 heteroatoms. The fourth-order valence-corrected chi connectivity index (χ4v) is 3.81. The van der Waals surface area contributed by atoms with E-state index >= 15 is 0 Å². The summed E-state index contributed by atoms with van der Waals surface area (Å²) in [6, 6.07) is 5.01. The Hall–Kier alpha value is -0.710.